The molecule has 1 heterocycles. The number of aliphatic carboxylic acids is 1. The van der Waals surface area contributed by atoms with Crippen molar-refractivity contribution in [2.24, 2.45) is 5.92 Å². The molecule has 6 nitrogen and oxygen atoms in total. The zero-order valence-corrected chi connectivity index (χ0v) is 12.0. The summed E-state index contributed by atoms with van der Waals surface area (Å²) in [6.07, 6.45) is 0. The van der Waals surface area contributed by atoms with Gasteiger partial charge in [-0.25, -0.2) is 9.59 Å². The van der Waals surface area contributed by atoms with E-state index in [1.165, 1.54) is 4.90 Å². The minimum absolute atomic E-state index is 0.258. The van der Waals surface area contributed by atoms with Crippen molar-refractivity contribution < 1.29 is 14.7 Å². The minimum atomic E-state index is -0.968. The first-order valence-corrected chi connectivity index (χ1v) is 7.42. The van der Waals surface area contributed by atoms with Gasteiger partial charge in [-0.1, -0.05) is 0 Å². The Hall–Kier alpha value is -1.42. The van der Waals surface area contributed by atoms with Gasteiger partial charge in [0.2, 0.25) is 0 Å². The van der Waals surface area contributed by atoms with Gasteiger partial charge in [-0.05, 0) is 13.8 Å². The molecule has 0 aliphatic carbocycles. The van der Waals surface area contributed by atoms with E-state index in [1.54, 1.807) is 23.6 Å². The molecule has 1 N–H and O–H groups in total. The van der Waals surface area contributed by atoms with Crippen LogP contribution in [0.25, 0.3) is 0 Å². The van der Waals surface area contributed by atoms with Crippen LogP contribution in [0.1, 0.15) is 13.8 Å². The van der Waals surface area contributed by atoms with E-state index in [-0.39, 0.29) is 11.9 Å². The molecule has 1 saturated heterocycles. The molecule has 1 fully saturated rings. The van der Waals surface area contributed by atoms with Crippen molar-refractivity contribution in [2.45, 2.75) is 19.9 Å². The molecular weight excluding hydrogens is 266 g/mol. The van der Waals surface area contributed by atoms with E-state index in [1.807, 2.05) is 6.92 Å². The highest BCUT2D eigenvalue weighted by Gasteiger charge is 2.34. The molecule has 2 atom stereocenters. The van der Waals surface area contributed by atoms with Crippen molar-refractivity contribution >= 4 is 23.8 Å². The molecule has 0 bridgehead atoms. The van der Waals surface area contributed by atoms with Crippen LogP contribution in [0.15, 0.2) is 0 Å². The molecule has 2 unspecified atom stereocenters. The summed E-state index contributed by atoms with van der Waals surface area (Å²) in [5.74, 6) is -0.0518. The van der Waals surface area contributed by atoms with Crippen molar-refractivity contribution in [2.75, 3.05) is 31.1 Å². The Bertz CT molecular complexity index is 383. The first-order valence-electron chi connectivity index (χ1n) is 6.27. The normalized spacial score (nSPS) is 20.5. The summed E-state index contributed by atoms with van der Waals surface area (Å²) in [5, 5.41) is 18.0. The monoisotopic (exact) mass is 285 g/mol. The lowest BCUT2D eigenvalue weighted by Crippen LogP contribution is -2.55. The van der Waals surface area contributed by atoms with E-state index in [0.29, 0.717) is 25.4 Å². The Morgan fingerprint density at radius 3 is 2.84 bits per heavy atom. The van der Waals surface area contributed by atoms with Gasteiger partial charge in [0, 0.05) is 31.1 Å². The number of carboxylic acid groups (broad SMARTS) is 1. The van der Waals surface area contributed by atoms with Gasteiger partial charge in [0.15, 0.2) is 0 Å². The second kappa shape index (κ2) is 7.24. The van der Waals surface area contributed by atoms with E-state index in [4.69, 9.17) is 10.4 Å². The minimum Gasteiger partial charge on any atom is -0.480 e. The second-order valence-electron chi connectivity index (χ2n) is 4.47. The van der Waals surface area contributed by atoms with Crippen LogP contribution < -0.4 is 0 Å². The third kappa shape index (κ3) is 4.03. The van der Waals surface area contributed by atoms with Gasteiger partial charge < -0.3 is 14.9 Å². The lowest BCUT2D eigenvalue weighted by molar-refractivity contribution is -0.141. The number of carboxylic acids is 1. The van der Waals surface area contributed by atoms with Crippen LogP contribution in [-0.2, 0) is 4.79 Å². The molecule has 7 heteroatoms. The Kier molecular flexibility index (Phi) is 5.96. The lowest BCUT2D eigenvalue weighted by atomic mass is 10.2. The zero-order valence-electron chi connectivity index (χ0n) is 11.2. The van der Waals surface area contributed by atoms with E-state index in [0.717, 1.165) is 5.75 Å². The van der Waals surface area contributed by atoms with Crippen molar-refractivity contribution in [3.05, 3.63) is 0 Å². The summed E-state index contributed by atoms with van der Waals surface area (Å²) in [7, 11) is 0. The van der Waals surface area contributed by atoms with E-state index >= 15 is 0 Å². The fourth-order valence-corrected chi connectivity index (χ4v) is 2.97. The van der Waals surface area contributed by atoms with E-state index < -0.39 is 12.0 Å². The Morgan fingerprint density at radius 1 is 1.63 bits per heavy atom. The van der Waals surface area contributed by atoms with Gasteiger partial charge in [0.1, 0.15) is 6.04 Å². The molecule has 106 valence electrons. The zero-order chi connectivity index (χ0) is 14.4. The number of hydrogen-bond donors (Lipinski definition) is 1. The fraction of sp³-hybridized carbons (Fsp3) is 0.750. The SMILES string of the molecule is CCN(CC(C)C#N)C(=O)N1CCSCC1C(=O)O. The summed E-state index contributed by atoms with van der Waals surface area (Å²) in [4.78, 5) is 26.5. The highest BCUT2D eigenvalue weighted by Crippen LogP contribution is 2.18. The number of carbonyl (C=O) groups is 2. The van der Waals surface area contributed by atoms with Crippen LogP contribution in [0, 0.1) is 17.2 Å². The average Bonchev–Trinajstić information content (AvgIpc) is 2.43. The van der Waals surface area contributed by atoms with Gasteiger partial charge in [-0.2, -0.15) is 17.0 Å². The molecule has 0 aromatic rings. The summed E-state index contributed by atoms with van der Waals surface area (Å²) in [6.45, 7) is 4.83. The second-order valence-corrected chi connectivity index (χ2v) is 5.62. The van der Waals surface area contributed by atoms with E-state index in [2.05, 4.69) is 6.07 Å². The Balaban J connectivity index is 2.77. The first-order chi connectivity index (χ1) is 9.01. The highest BCUT2D eigenvalue weighted by atomic mass is 32.2. The lowest BCUT2D eigenvalue weighted by Gasteiger charge is -2.36. The molecule has 0 spiro atoms. The van der Waals surface area contributed by atoms with Gasteiger partial charge in [-0.15, -0.1) is 0 Å². The molecule has 19 heavy (non-hydrogen) atoms. The number of hydrogen-bond acceptors (Lipinski definition) is 4. The molecule has 0 aromatic carbocycles. The molecule has 0 radical (unpaired) electrons. The van der Waals surface area contributed by atoms with Crippen molar-refractivity contribution in [3.8, 4) is 6.07 Å². The standard InChI is InChI=1S/C12H19N3O3S/c1-3-14(7-9(2)6-13)12(18)15-4-5-19-8-10(15)11(16)17/h9-10H,3-5,7-8H2,1-2H3,(H,16,17). The van der Waals surface area contributed by atoms with Gasteiger partial charge in [0.25, 0.3) is 0 Å². The summed E-state index contributed by atoms with van der Waals surface area (Å²) >= 11 is 1.54. The number of nitrogens with zero attached hydrogens (tertiary/aromatic N) is 3. The number of thioether (sulfide) groups is 1. The number of nitriles is 1. The summed E-state index contributed by atoms with van der Waals surface area (Å²) < 4.78 is 0. The number of amides is 2. The number of urea groups is 1. The van der Waals surface area contributed by atoms with Crippen LogP contribution in [0.2, 0.25) is 0 Å². The summed E-state index contributed by atoms with van der Waals surface area (Å²) in [6, 6.07) is 1.04. The Labute approximate surface area is 117 Å². The highest BCUT2D eigenvalue weighted by molar-refractivity contribution is 7.99. The number of carbonyl (C=O) groups excluding carboxylic acids is 1. The molecule has 0 aromatic heterocycles. The smallest absolute Gasteiger partial charge is 0.327 e. The van der Waals surface area contributed by atoms with Crippen LogP contribution in [0.5, 0.6) is 0 Å². The third-order valence-electron chi connectivity index (χ3n) is 3.03. The molecule has 0 saturated carbocycles. The van der Waals surface area contributed by atoms with Gasteiger partial charge in [-0.3, -0.25) is 0 Å². The van der Waals surface area contributed by atoms with Crippen LogP contribution >= 0.6 is 11.8 Å². The maximum Gasteiger partial charge on any atom is 0.327 e. The van der Waals surface area contributed by atoms with Crippen molar-refractivity contribution in [3.63, 3.8) is 0 Å². The Morgan fingerprint density at radius 2 is 2.32 bits per heavy atom. The van der Waals surface area contributed by atoms with Crippen LogP contribution in [-0.4, -0.2) is 64.1 Å². The maximum absolute atomic E-state index is 12.4. The fourth-order valence-electron chi connectivity index (χ4n) is 1.93. The maximum atomic E-state index is 12.4. The molecular formula is C12H19N3O3S. The van der Waals surface area contributed by atoms with Crippen LogP contribution in [0.4, 0.5) is 4.79 Å². The topological polar surface area (TPSA) is 84.6 Å². The van der Waals surface area contributed by atoms with Gasteiger partial charge in [0.05, 0.1) is 12.0 Å². The predicted molar refractivity (Wildman–Crippen MR) is 72.9 cm³/mol. The average molecular weight is 285 g/mol. The molecule has 1 rings (SSSR count). The van der Waals surface area contributed by atoms with Gasteiger partial charge >= 0.3 is 12.0 Å². The molecule has 1 aliphatic heterocycles. The molecule has 1 aliphatic rings. The van der Waals surface area contributed by atoms with Crippen molar-refractivity contribution in [1.29, 1.82) is 5.26 Å². The summed E-state index contributed by atoms with van der Waals surface area (Å²) in [5.41, 5.74) is 0. The van der Waals surface area contributed by atoms with Crippen LogP contribution in [0.3, 0.4) is 0 Å². The van der Waals surface area contributed by atoms with E-state index in [9.17, 15) is 9.59 Å². The molecule has 2 amide bonds. The predicted octanol–water partition coefficient (Wildman–Crippen LogP) is 1.09. The quantitative estimate of drug-likeness (QED) is 0.835. The van der Waals surface area contributed by atoms with Crippen molar-refractivity contribution in [1.82, 2.24) is 9.80 Å². The largest absolute Gasteiger partial charge is 0.480 e. The number of rotatable bonds is 4. The first kappa shape index (κ1) is 15.6. The third-order valence-corrected chi connectivity index (χ3v) is 4.05.